The highest BCUT2D eigenvalue weighted by Gasteiger charge is 2.48. The first-order chi connectivity index (χ1) is 20.4. The molecule has 0 spiro atoms. The Hall–Kier alpha value is -4.31. The summed E-state index contributed by atoms with van der Waals surface area (Å²) < 4.78 is 22.4. The summed E-state index contributed by atoms with van der Waals surface area (Å²) in [4.78, 5) is 34.9. The van der Waals surface area contributed by atoms with E-state index in [1.54, 1.807) is 31.5 Å². The van der Waals surface area contributed by atoms with Crippen LogP contribution in [0.25, 0.3) is 0 Å². The van der Waals surface area contributed by atoms with E-state index in [0.29, 0.717) is 42.5 Å². The van der Waals surface area contributed by atoms with E-state index in [2.05, 4.69) is 11.9 Å². The molecule has 3 heterocycles. The molecule has 0 radical (unpaired) electrons. The number of anilines is 1. The predicted octanol–water partition coefficient (Wildman–Crippen LogP) is 4.37. The molecule has 1 amide bonds. The third-order valence-corrected chi connectivity index (χ3v) is 8.10. The summed E-state index contributed by atoms with van der Waals surface area (Å²) in [6.07, 6.45) is 5.53. The van der Waals surface area contributed by atoms with Crippen molar-refractivity contribution in [3.8, 4) is 23.0 Å². The van der Waals surface area contributed by atoms with Crippen LogP contribution < -0.4 is 23.8 Å². The van der Waals surface area contributed by atoms with Crippen molar-refractivity contribution in [2.45, 2.75) is 38.1 Å². The van der Waals surface area contributed by atoms with Gasteiger partial charge in [0.15, 0.2) is 11.5 Å². The van der Waals surface area contributed by atoms with E-state index in [0.717, 1.165) is 29.7 Å². The Morgan fingerprint density at radius 2 is 1.90 bits per heavy atom. The third kappa shape index (κ3) is 5.99. The largest absolute Gasteiger partial charge is 0.496 e. The molecule has 2 aliphatic rings. The summed E-state index contributed by atoms with van der Waals surface area (Å²) in [5, 5.41) is 10.6. The molecule has 1 saturated heterocycles. The number of ether oxygens (including phenoxy) is 4. The molecule has 10 heteroatoms. The number of carboxylic acid groups (broad SMARTS) is 1. The van der Waals surface area contributed by atoms with Gasteiger partial charge in [-0.15, -0.1) is 0 Å². The van der Waals surface area contributed by atoms with Crippen LogP contribution in [0.3, 0.4) is 0 Å². The van der Waals surface area contributed by atoms with Gasteiger partial charge in [0.2, 0.25) is 18.4 Å². The van der Waals surface area contributed by atoms with Crippen molar-refractivity contribution in [1.29, 1.82) is 0 Å². The molecule has 0 unspecified atom stereocenters. The number of fused-ring (bicyclic) bond motifs is 1. The minimum Gasteiger partial charge on any atom is -0.496 e. The van der Waals surface area contributed by atoms with Crippen molar-refractivity contribution in [2.24, 2.45) is 5.92 Å². The zero-order chi connectivity index (χ0) is 29.6. The Bertz CT molecular complexity index is 1400. The first kappa shape index (κ1) is 29.2. The van der Waals surface area contributed by atoms with E-state index in [9.17, 15) is 14.7 Å². The lowest BCUT2D eigenvalue weighted by Gasteiger charge is -2.30. The minimum absolute atomic E-state index is 0.0559. The number of carboxylic acids is 1. The molecule has 0 aliphatic carbocycles. The Morgan fingerprint density at radius 3 is 2.62 bits per heavy atom. The Labute approximate surface area is 245 Å². The molecule has 2 aromatic carbocycles. The van der Waals surface area contributed by atoms with Crippen molar-refractivity contribution in [1.82, 2.24) is 9.88 Å². The molecule has 5 rings (SSSR count). The van der Waals surface area contributed by atoms with Crippen LogP contribution in [0.15, 0.2) is 60.9 Å². The standard InChI is InChI=1S/C32H37N3O7/c1-4-5-13-35(23-10-8-12-33-17-23)29(36)19-34-18-24(22-15-27(40-3)31-28(16-22)41-20-42-31)30(32(37)38)25(34)14-21-9-6-7-11-26(21)39-2/h6-12,15-17,24-25,30H,4-5,13-14,18-20H2,1-3H3,(H,37,38)/t24-,25+,30-/m1/s1. The van der Waals surface area contributed by atoms with E-state index < -0.39 is 23.8 Å². The second-order valence-corrected chi connectivity index (χ2v) is 10.6. The zero-order valence-electron chi connectivity index (χ0n) is 24.2. The zero-order valence-corrected chi connectivity index (χ0v) is 24.2. The third-order valence-electron chi connectivity index (χ3n) is 8.10. The Balaban J connectivity index is 1.52. The summed E-state index contributed by atoms with van der Waals surface area (Å²) in [5.74, 6) is -0.0750. The summed E-state index contributed by atoms with van der Waals surface area (Å²) in [5.41, 5.74) is 2.37. The molecule has 2 aliphatic heterocycles. The lowest BCUT2D eigenvalue weighted by molar-refractivity contribution is -0.143. The highest BCUT2D eigenvalue weighted by atomic mass is 16.7. The van der Waals surface area contributed by atoms with E-state index >= 15 is 0 Å². The van der Waals surface area contributed by atoms with E-state index in [1.807, 2.05) is 53.4 Å². The summed E-state index contributed by atoms with van der Waals surface area (Å²) in [6.45, 7) is 3.12. The molecule has 3 atom stereocenters. The van der Waals surface area contributed by atoms with Crippen molar-refractivity contribution >= 4 is 17.6 Å². The van der Waals surface area contributed by atoms with Crippen molar-refractivity contribution in [3.05, 3.63) is 72.1 Å². The number of methoxy groups -OCH3 is 2. The number of amides is 1. The molecule has 1 fully saturated rings. The number of nitrogens with zero attached hydrogens (tertiary/aromatic N) is 3. The average molecular weight is 576 g/mol. The smallest absolute Gasteiger partial charge is 0.308 e. The van der Waals surface area contributed by atoms with Crippen LogP contribution in [0.2, 0.25) is 0 Å². The summed E-state index contributed by atoms with van der Waals surface area (Å²) >= 11 is 0. The molecule has 0 bridgehead atoms. The quantitative estimate of drug-likeness (QED) is 0.337. The fourth-order valence-corrected chi connectivity index (χ4v) is 6.03. The van der Waals surface area contributed by atoms with Crippen LogP contribution in [0.5, 0.6) is 23.0 Å². The second-order valence-electron chi connectivity index (χ2n) is 10.6. The lowest BCUT2D eigenvalue weighted by Crippen LogP contribution is -2.45. The van der Waals surface area contributed by atoms with Gasteiger partial charge in [0, 0.05) is 31.2 Å². The van der Waals surface area contributed by atoms with Gasteiger partial charge in [-0.05, 0) is 54.3 Å². The highest BCUT2D eigenvalue weighted by molar-refractivity contribution is 5.94. The monoisotopic (exact) mass is 575 g/mol. The molecular formula is C32H37N3O7. The molecule has 222 valence electrons. The van der Waals surface area contributed by atoms with Gasteiger partial charge in [-0.25, -0.2) is 0 Å². The maximum atomic E-state index is 13.9. The van der Waals surface area contributed by atoms with Crippen LogP contribution in [-0.4, -0.2) is 73.6 Å². The van der Waals surface area contributed by atoms with Gasteiger partial charge in [-0.2, -0.15) is 0 Å². The number of carbonyl (C=O) groups excluding carboxylic acids is 1. The van der Waals surface area contributed by atoms with Gasteiger partial charge in [-0.3, -0.25) is 19.5 Å². The molecule has 42 heavy (non-hydrogen) atoms. The van der Waals surface area contributed by atoms with Gasteiger partial charge >= 0.3 is 5.97 Å². The fraction of sp³-hybridized carbons (Fsp3) is 0.406. The van der Waals surface area contributed by atoms with Crippen LogP contribution >= 0.6 is 0 Å². The number of carbonyl (C=O) groups is 2. The van der Waals surface area contributed by atoms with E-state index in [4.69, 9.17) is 18.9 Å². The summed E-state index contributed by atoms with van der Waals surface area (Å²) in [6, 6.07) is 14.5. The number of aliphatic carboxylic acids is 1. The van der Waals surface area contributed by atoms with Gasteiger partial charge in [0.25, 0.3) is 0 Å². The van der Waals surface area contributed by atoms with Crippen LogP contribution in [0.4, 0.5) is 5.69 Å². The predicted molar refractivity (Wildman–Crippen MR) is 157 cm³/mol. The van der Waals surface area contributed by atoms with Crippen LogP contribution in [-0.2, 0) is 16.0 Å². The number of pyridine rings is 1. The number of aromatic nitrogens is 1. The van der Waals surface area contributed by atoms with Crippen molar-refractivity contribution in [2.75, 3.05) is 45.5 Å². The minimum atomic E-state index is -0.929. The number of para-hydroxylation sites is 1. The number of hydrogen-bond acceptors (Lipinski definition) is 8. The van der Waals surface area contributed by atoms with Gasteiger partial charge in [0.1, 0.15) is 5.75 Å². The lowest BCUT2D eigenvalue weighted by atomic mass is 9.83. The molecular weight excluding hydrogens is 538 g/mol. The number of benzene rings is 2. The first-order valence-corrected chi connectivity index (χ1v) is 14.2. The van der Waals surface area contributed by atoms with Crippen molar-refractivity contribution < 1.29 is 33.6 Å². The Morgan fingerprint density at radius 1 is 1.10 bits per heavy atom. The number of unbranched alkanes of at least 4 members (excludes halogenated alkanes) is 1. The normalized spacial score (nSPS) is 19.5. The number of rotatable bonds is 12. The van der Waals surface area contributed by atoms with Crippen LogP contribution in [0, 0.1) is 5.92 Å². The first-order valence-electron chi connectivity index (χ1n) is 14.2. The second kappa shape index (κ2) is 13.1. The van der Waals surface area contributed by atoms with Crippen LogP contribution in [0.1, 0.15) is 36.8 Å². The maximum absolute atomic E-state index is 13.9. The van der Waals surface area contributed by atoms with E-state index in [-0.39, 0.29) is 19.2 Å². The molecule has 1 N–H and O–H groups in total. The van der Waals surface area contributed by atoms with Gasteiger partial charge in [-0.1, -0.05) is 31.5 Å². The fourth-order valence-electron chi connectivity index (χ4n) is 6.03. The topological polar surface area (TPSA) is 111 Å². The summed E-state index contributed by atoms with van der Waals surface area (Å²) in [7, 11) is 3.15. The van der Waals surface area contributed by atoms with E-state index in [1.165, 1.54) is 0 Å². The molecule has 1 aromatic heterocycles. The SMILES string of the molecule is CCCCN(C(=O)CN1C[C@H](c2cc(OC)c3c(c2)OCO3)[C@@H](C(=O)O)[C@@H]1Cc1ccccc1OC)c1cccnc1. The average Bonchev–Trinajstić information content (AvgIpc) is 3.62. The van der Waals surface area contributed by atoms with Crippen molar-refractivity contribution in [3.63, 3.8) is 0 Å². The maximum Gasteiger partial charge on any atom is 0.308 e. The Kier molecular flexibility index (Phi) is 9.12. The molecule has 0 saturated carbocycles. The van der Waals surface area contributed by atoms with Gasteiger partial charge in [0.05, 0.1) is 38.6 Å². The molecule has 3 aromatic rings. The van der Waals surface area contributed by atoms with Gasteiger partial charge < -0.3 is 29.0 Å². The number of likely N-dealkylation sites (tertiary alicyclic amines) is 1. The highest BCUT2D eigenvalue weighted by Crippen LogP contribution is 2.47. The molecule has 10 nitrogen and oxygen atoms in total. The number of hydrogen-bond donors (Lipinski definition) is 1.